The van der Waals surface area contributed by atoms with Crippen molar-refractivity contribution >= 4 is 57.4 Å². The molecule has 7 nitrogen and oxygen atoms in total. The lowest BCUT2D eigenvalue weighted by molar-refractivity contribution is -0.122. The van der Waals surface area contributed by atoms with Crippen LogP contribution in [0.3, 0.4) is 0 Å². The molecule has 2 aliphatic rings. The number of anilines is 2. The van der Waals surface area contributed by atoms with Crippen LogP contribution in [-0.2, 0) is 4.79 Å². The van der Waals surface area contributed by atoms with E-state index in [0.717, 1.165) is 31.2 Å². The molecule has 1 aromatic carbocycles. The van der Waals surface area contributed by atoms with Gasteiger partial charge in [0.2, 0.25) is 0 Å². The SMILES string of the molecule is CCCCCCN1C(=O)/C(=C\c2c(N3CCN(c4ccccc4F)CC3)nc3c(C)cccn3c2=O)SC1=S. The van der Waals surface area contributed by atoms with E-state index in [1.807, 2.05) is 30.0 Å². The van der Waals surface area contributed by atoms with E-state index in [-0.39, 0.29) is 17.3 Å². The summed E-state index contributed by atoms with van der Waals surface area (Å²) in [4.78, 5) is 38.2. The highest BCUT2D eigenvalue weighted by Gasteiger charge is 2.33. The molecule has 0 unspecified atom stereocenters. The molecule has 10 heteroatoms. The van der Waals surface area contributed by atoms with Crippen molar-refractivity contribution in [2.45, 2.75) is 39.5 Å². The Balaban J connectivity index is 1.48. The van der Waals surface area contributed by atoms with Crippen molar-refractivity contribution in [1.29, 1.82) is 0 Å². The van der Waals surface area contributed by atoms with Gasteiger partial charge in [-0.2, -0.15) is 0 Å². The summed E-state index contributed by atoms with van der Waals surface area (Å²) in [6.07, 6.45) is 7.54. The number of amides is 1. The van der Waals surface area contributed by atoms with Crippen LogP contribution in [0.25, 0.3) is 11.7 Å². The number of carbonyl (C=O) groups excluding carboxylic acids is 1. The molecule has 1 amide bonds. The lowest BCUT2D eigenvalue weighted by Gasteiger charge is -2.37. The fraction of sp³-hybridized carbons (Fsp3) is 0.379. The van der Waals surface area contributed by atoms with Crippen molar-refractivity contribution in [2.75, 3.05) is 42.5 Å². The fourth-order valence-corrected chi connectivity index (χ4v) is 6.35. The van der Waals surface area contributed by atoms with Crippen LogP contribution >= 0.6 is 24.0 Å². The third-order valence-corrected chi connectivity index (χ3v) is 8.60. The van der Waals surface area contributed by atoms with Crippen molar-refractivity contribution in [3.05, 3.63) is 74.8 Å². The first kappa shape index (κ1) is 27.3. The van der Waals surface area contributed by atoms with Crippen molar-refractivity contribution in [2.24, 2.45) is 0 Å². The van der Waals surface area contributed by atoms with Gasteiger partial charge in [0.1, 0.15) is 21.6 Å². The molecule has 4 heterocycles. The Labute approximate surface area is 237 Å². The number of nitrogens with zero attached hydrogens (tertiary/aromatic N) is 5. The van der Waals surface area contributed by atoms with Crippen LogP contribution in [0.15, 0.2) is 52.3 Å². The molecule has 2 fully saturated rings. The van der Waals surface area contributed by atoms with E-state index in [4.69, 9.17) is 17.2 Å². The van der Waals surface area contributed by atoms with E-state index in [2.05, 4.69) is 11.8 Å². The topological polar surface area (TPSA) is 61.2 Å². The Morgan fingerprint density at radius 2 is 1.77 bits per heavy atom. The second-order valence-electron chi connectivity index (χ2n) is 9.86. The molecule has 0 N–H and O–H groups in total. The fourth-order valence-electron chi connectivity index (χ4n) is 5.06. The molecule has 2 aromatic heterocycles. The molecular weight excluding hydrogens is 533 g/mol. The van der Waals surface area contributed by atoms with Gasteiger partial charge in [-0.25, -0.2) is 9.37 Å². The molecule has 0 aliphatic carbocycles. The number of thiocarbonyl (C=S) groups is 1. The Hall–Kier alpha value is -3.24. The smallest absolute Gasteiger partial charge is 0.267 e. The summed E-state index contributed by atoms with van der Waals surface area (Å²) in [5, 5.41) is 0. The predicted molar refractivity (Wildman–Crippen MR) is 161 cm³/mol. The molecule has 0 spiro atoms. The molecule has 2 saturated heterocycles. The van der Waals surface area contributed by atoms with Crippen LogP contribution in [0.1, 0.15) is 43.7 Å². The Morgan fingerprint density at radius 1 is 1.03 bits per heavy atom. The molecule has 3 aromatic rings. The standard InChI is InChI=1S/C29H32FN5O2S2/c1-3-4-5-8-13-35-28(37)24(39-29(35)38)19-21-26(31-25-20(2)10-9-14-34(25)27(21)36)33-17-15-32(16-18-33)23-12-7-6-11-22(23)30/h6-7,9-12,14,19H,3-5,8,13,15-18H2,1-2H3/b24-19+. The van der Waals surface area contributed by atoms with Crippen LogP contribution in [-0.4, -0.2) is 57.2 Å². The van der Waals surface area contributed by atoms with Gasteiger partial charge in [0.15, 0.2) is 0 Å². The highest BCUT2D eigenvalue weighted by Crippen LogP contribution is 2.34. The van der Waals surface area contributed by atoms with E-state index in [0.29, 0.717) is 64.7 Å². The van der Waals surface area contributed by atoms with Crippen molar-refractivity contribution < 1.29 is 9.18 Å². The van der Waals surface area contributed by atoms with Crippen LogP contribution < -0.4 is 15.4 Å². The van der Waals surface area contributed by atoms with E-state index in [9.17, 15) is 14.0 Å². The van der Waals surface area contributed by atoms with Gasteiger partial charge in [-0.3, -0.25) is 18.9 Å². The average molecular weight is 566 g/mol. The highest BCUT2D eigenvalue weighted by molar-refractivity contribution is 8.26. The Morgan fingerprint density at radius 3 is 2.51 bits per heavy atom. The van der Waals surface area contributed by atoms with Gasteiger partial charge in [-0.1, -0.05) is 68.4 Å². The number of thioether (sulfide) groups is 1. The minimum Gasteiger partial charge on any atom is -0.366 e. The number of unbranched alkanes of at least 4 members (excludes halogenated alkanes) is 3. The van der Waals surface area contributed by atoms with Crippen molar-refractivity contribution in [1.82, 2.24) is 14.3 Å². The van der Waals surface area contributed by atoms with Crippen LogP contribution in [0, 0.1) is 12.7 Å². The Kier molecular flexibility index (Phi) is 8.32. The monoisotopic (exact) mass is 565 g/mol. The zero-order valence-corrected chi connectivity index (χ0v) is 23.9. The van der Waals surface area contributed by atoms with E-state index in [1.165, 1.54) is 22.2 Å². The van der Waals surface area contributed by atoms with Crippen LogP contribution in [0.2, 0.25) is 0 Å². The zero-order chi connectivity index (χ0) is 27.5. The van der Waals surface area contributed by atoms with E-state index in [1.54, 1.807) is 29.3 Å². The predicted octanol–water partition coefficient (Wildman–Crippen LogP) is 5.25. The molecular formula is C29H32FN5O2S2. The Bertz CT molecular complexity index is 1500. The molecule has 0 atom stereocenters. The van der Waals surface area contributed by atoms with Gasteiger partial charge in [0.05, 0.1) is 16.2 Å². The normalized spacial score (nSPS) is 17.2. The summed E-state index contributed by atoms with van der Waals surface area (Å²) in [6, 6.07) is 10.5. The molecule has 5 rings (SSSR count). The number of benzene rings is 1. The van der Waals surface area contributed by atoms with E-state index < -0.39 is 0 Å². The minimum atomic E-state index is -0.249. The number of para-hydroxylation sites is 1. The number of fused-ring (bicyclic) bond motifs is 1. The maximum atomic E-state index is 14.4. The van der Waals surface area contributed by atoms with Gasteiger partial charge in [0, 0.05) is 38.9 Å². The average Bonchev–Trinajstić information content (AvgIpc) is 3.20. The number of halogens is 1. The van der Waals surface area contributed by atoms with Crippen LogP contribution in [0.5, 0.6) is 0 Å². The number of pyridine rings is 1. The maximum absolute atomic E-state index is 14.4. The zero-order valence-electron chi connectivity index (χ0n) is 22.2. The third-order valence-electron chi connectivity index (χ3n) is 7.22. The molecule has 204 valence electrons. The summed E-state index contributed by atoms with van der Waals surface area (Å²) >= 11 is 6.76. The maximum Gasteiger partial charge on any atom is 0.267 e. The third kappa shape index (κ3) is 5.58. The summed E-state index contributed by atoms with van der Waals surface area (Å²) in [5.41, 5.74) is 2.16. The summed E-state index contributed by atoms with van der Waals surface area (Å²) in [6.45, 7) is 6.93. The summed E-state index contributed by atoms with van der Waals surface area (Å²) in [5.74, 6) is 0.127. The number of rotatable bonds is 8. The largest absolute Gasteiger partial charge is 0.366 e. The lowest BCUT2D eigenvalue weighted by atomic mass is 10.2. The number of aryl methyl sites for hydroxylation is 1. The lowest BCUT2D eigenvalue weighted by Crippen LogP contribution is -2.47. The quantitative estimate of drug-likeness (QED) is 0.210. The number of aromatic nitrogens is 2. The molecule has 39 heavy (non-hydrogen) atoms. The number of piperazine rings is 1. The first-order chi connectivity index (χ1) is 18.9. The molecule has 0 saturated carbocycles. The van der Waals surface area contributed by atoms with Gasteiger partial charge >= 0.3 is 0 Å². The van der Waals surface area contributed by atoms with Crippen molar-refractivity contribution in [3.8, 4) is 0 Å². The second kappa shape index (κ2) is 11.9. The van der Waals surface area contributed by atoms with Gasteiger partial charge in [-0.05, 0) is 43.2 Å². The van der Waals surface area contributed by atoms with Gasteiger partial charge < -0.3 is 9.80 Å². The van der Waals surface area contributed by atoms with Crippen LogP contribution in [0.4, 0.5) is 15.9 Å². The van der Waals surface area contributed by atoms with E-state index >= 15 is 0 Å². The second-order valence-corrected chi connectivity index (χ2v) is 11.5. The first-order valence-electron chi connectivity index (χ1n) is 13.4. The van der Waals surface area contributed by atoms with Gasteiger partial charge in [0.25, 0.3) is 11.5 Å². The highest BCUT2D eigenvalue weighted by atomic mass is 32.2. The first-order valence-corrected chi connectivity index (χ1v) is 14.6. The number of hydrogen-bond donors (Lipinski definition) is 0. The summed E-state index contributed by atoms with van der Waals surface area (Å²) in [7, 11) is 0. The molecule has 0 bridgehead atoms. The van der Waals surface area contributed by atoms with Gasteiger partial charge in [-0.15, -0.1) is 0 Å². The van der Waals surface area contributed by atoms with Crippen molar-refractivity contribution in [3.63, 3.8) is 0 Å². The summed E-state index contributed by atoms with van der Waals surface area (Å²) < 4.78 is 16.5. The molecule has 0 radical (unpaired) electrons. The minimum absolute atomic E-state index is 0.162. The number of carbonyl (C=O) groups is 1. The molecule has 2 aliphatic heterocycles. The number of hydrogen-bond acceptors (Lipinski definition) is 7.